The number of hydrogen-bond acceptors (Lipinski definition) is 4. The van der Waals surface area contributed by atoms with Crippen molar-refractivity contribution < 1.29 is 8.42 Å². The molecular weight excluding hydrogens is 260 g/mol. The molecule has 1 aliphatic heterocycles. The molecule has 2 rings (SSSR count). The van der Waals surface area contributed by atoms with E-state index in [-0.39, 0.29) is 5.25 Å². The lowest BCUT2D eigenvalue weighted by atomic mass is 10.0. The van der Waals surface area contributed by atoms with E-state index in [0.29, 0.717) is 18.3 Å². The molecule has 5 heteroatoms. The molecule has 1 aliphatic carbocycles. The monoisotopic (exact) mass is 288 g/mol. The van der Waals surface area contributed by atoms with Gasteiger partial charge in [-0.3, -0.25) is 4.90 Å². The first-order valence-corrected chi connectivity index (χ1v) is 9.39. The van der Waals surface area contributed by atoms with Crippen molar-refractivity contribution in [1.82, 2.24) is 10.2 Å². The van der Waals surface area contributed by atoms with Crippen molar-refractivity contribution in [2.45, 2.75) is 63.3 Å². The Kier molecular flexibility index (Phi) is 5.26. The summed E-state index contributed by atoms with van der Waals surface area (Å²) < 4.78 is 23.8. The van der Waals surface area contributed by atoms with Gasteiger partial charge in [-0.1, -0.05) is 6.42 Å². The maximum atomic E-state index is 11.9. The van der Waals surface area contributed by atoms with Crippen LogP contribution in [0.4, 0.5) is 0 Å². The second-order valence-electron chi connectivity index (χ2n) is 6.28. The summed E-state index contributed by atoms with van der Waals surface area (Å²) in [4.78, 5) is 2.39. The molecule has 1 heterocycles. The van der Waals surface area contributed by atoms with Crippen molar-refractivity contribution in [3.63, 3.8) is 0 Å². The number of nitrogens with zero attached hydrogens (tertiary/aromatic N) is 1. The normalized spacial score (nSPS) is 25.9. The van der Waals surface area contributed by atoms with Crippen LogP contribution in [0.25, 0.3) is 0 Å². The van der Waals surface area contributed by atoms with Gasteiger partial charge in [0.05, 0.1) is 11.0 Å². The van der Waals surface area contributed by atoms with Crippen LogP contribution in [-0.4, -0.2) is 56.0 Å². The Bertz CT molecular complexity index is 377. The van der Waals surface area contributed by atoms with Gasteiger partial charge in [0.1, 0.15) is 0 Å². The standard InChI is InChI=1S/C14H28N2O2S/c1-12(2)19(17,18)10-9-16-8-4-3-5-14(16)11-15-13-6-7-13/h12-15H,3-11H2,1-2H3. The van der Waals surface area contributed by atoms with E-state index in [0.717, 1.165) is 19.1 Å². The third kappa shape index (κ3) is 4.72. The molecule has 0 amide bonds. The van der Waals surface area contributed by atoms with E-state index < -0.39 is 9.84 Å². The van der Waals surface area contributed by atoms with Gasteiger partial charge >= 0.3 is 0 Å². The van der Waals surface area contributed by atoms with Crippen molar-refractivity contribution in [2.24, 2.45) is 0 Å². The molecule has 2 aliphatic rings. The zero-order valence-electron chi connectivity index (χ0n) is 12.3. The van der Waals surface area contributed by atoms with E-state index in [1.165, 1.54) is 32.1 Å². The van der Waals surface area contributed by atoms with Crippen LogP contribution < -0.4 is 5.32 Å². The maximum absolute atomic E-state index is 11.9. The fourth-order valence-corrected chi connectivity index (χ4v) is 3.62. The molecule has 1 saturated carbocycles. The van der Waals surface area contributed by atoms with Crippen LogP contribution in [-0.2, 0) is 9.84 Å². The van der Waals surface area contributed by atoms with Crippen molar-refractivity contribution in [1.29, 1.82) is 0 Å². The van der Waals surface area contributed by atoms with Crippen LogP contribution in [0.3, 0.4) is 0 Å². The topological polar surface area (TPSA) is 49.4 Å². The molecule has 1 saturated heterocycles. The summed E-state index contributed by atoms with van der Waals surface area (Å²) >= 11 is 0. The summed E-state index contributed by atoms with van der Waals surface area (Å²) in [5, 5.41) is 3.34. The Morgan fingerprint density at radius 2 is 1.95 bits per heavy atom. The second-order valence-corrected chi connectivity index (χ2v) is 8.96. The number of sulfone groups is 1. The van der Waals surface area contributed by atoms with E-state index in [4.69, 9.17) is 0 Å². The first-order valence-electron chi connectivity index (χ1n) is 7.68. The summed E-state index contributed by atoms with van der Waals surface area (Å²) in [5.41, 5.74) is 0. The number of nitrogens with one attached hydrogen (secondary N) is 1. The molecule has 0 aromatic heterocycles. The molecule has 1 atom stereocenters. The highest BCUT2D eigenvalue weighted by molar-refractivity contribution is 7.92. The lowest BCUT2D eigenvalue weighted by Crippen LogP contribution is -2.47. The van der Waals surface area contributed by atoms with Crippen molar-refractivity contribution in [3.05, 3.63) is 0 Å². The Morgan fingerprint density at radius 1 is 1.21 bits per heavy atom. The highest BCUT2D eigenvalue weighted by Crippen LogP contribution is 2.21. The summed E-state index contributed by atoms with van der Waals surface area (Å²) in [5.74, 6) is 0.310. The number of hydrogen-bond donors (Lipinski definition) is 1. The van der Waals surface area contributed by atoms with E-state index in [1.54, 1.807) is 13.8 Å². The highest BCUT2D eigenvalue weighted by atomic mass is 32.2. The molecule has 2 fully saturated rings. The van der Waals surface area contributed by atoms with Gasteiger partial charge in [-0.2, -0.15) is 0 Å². The third-order valence-corrected chi connectivity index (χ3v) is 6.54. The minimum absolute atomic E-state index is 0.250. The Hall–Kier alpha value is -0.130. The molecule has 4 nitrogen and oxygen atoms in total. The van der Waals surface area contributed by atoms with Crippen LogP contribution in [0, 0.1) is 0 Å². The van der Waals surface area contributed by atoms with Gasteiger partial charge in [0, 0.05) is 25.2 Å². The molecule has 19 heavy (non-hydrogen) atoms. The van der Waals surface area contributed by atoms with Crippen LogP contribution in [0.2, 0.25) is 0 Å². The van der Waals surface area contributed by atoms with Gasteiger partial charge in [-0.25, -0.2) is 8.42 Å². The first-order chi connectivity index (χ1) is 8.99. The zero-order valence-corrected chi connectivity index (χ0v) is 13.1. The largest absolute Gasteiger partial charge is 0.312 e. The molecule has 0 bridgehead atoms. The van der Waals surface area contributed by atoms with E-state index in [9.17, 15) is 8.42 Å². The van der Waals surface area contributed by atoms with Crippen molar-refractivity contribution >= 4 is 9.84 Å². The summed E-state index contributed by atoms with van der Waals surface area (Å²) in [6.07, 6.45) is 6.33. The highest BCUT2D eigenvalue weighted by Gasteiger charge is 2.27. The third-order valence-electron chi connectivity index (χ3n) is 4.35. The summed E-state index contributed by atoms with van der Waals surface area (Å²) in [6.45, 7) is 6.35. The zero-order chi connectivity index (χ0) is 13.9. The predicted octanol–water partition coefficient (Wildman–Crippen LogP) is 1.42. The van der Waals surface area contributed by atoms with Crippen molar-refractivity contribution in [2.75, 3.05) is 25.4 Å². The second kappa shape index (κ2) is 6.55. The van der Waals surface area contributed by atoms with Gasteiger partial charge in [-0.05, 0) is 46.1 Å². The van der Waals surface area contributed by atoms with Gasteiger partial charge in [0.2, 0.25) is 0 Å². The quantitative estimate of drug-likeness (QED) is 0.770. The minimum Gasteiger partial charge on any atom is -0.312 e. The fourth-order valence-electron chi connectivity index (χ4n) is 2.66. The molecule has 0 radical (unpaired) electrons. The fraction of sp³-hybridized carbons (Fsp3) is 1.00. The number of likely N-dealkylation sites (tertiary alicyclic amines) is 1. The molecule has 0 spiro atoms. The SMILES string of the molecule is CC(C)S(=O)(=O)CCN1CCCCC1CNC1CC1. The van der Waals surface area contributed by atoms with Gasteiger partial charge in [0.15, 0.2) is 9.84 Å². The van der Waals surface area contributed by atoms with E-state index in [2.05, 4.69) is 10.2 Å². The van der Waals surface area contributed by atoms with Crippen LogP contribution in [0.15, 0.2) is 0 Å². The van der Waals surface area contributed by atoms with Gasteiger partial charge in [0.25, 0.3) is 0 Å². The lowest BCUT2D eigenvalue weighted by molar-refractivity contribution is 0.154. The van der Waals surface area contributed by atoms with Crippen LogP contribution in [0.5, 0.6) is 0 Å². The Labute approximate surface area is 117 Å². The molecule has 112 valence electrons. The number of piperidine rings is 1. The minimum atomic E-state index is -2.90. The van der Waals surface area contributed by atoms with Crippen LogP contribution in [0.1, 0.15) is 46.0 Å². The molecular formula is C14H28N2O2S. The maximum Gasteiger partial charge on any atom is 0.153 e. The first kappa shape index (κ1) is 15.3. The lowest BCUT2D eigenvalue weighted by Gasteiger charge is -2.36. The average Bonchev–Trinajstić information content (AvgIpc) is 3.18. The predicted molar refractivity (Wildman–Crippen MR) is 79.2 cm³/mol. The van der Waals surface area contributed by atoms with E-state index in [1.807, 2.05) is 0 Å². The molecule has 1 N–H and O–H groups in total. The molecule has 0 aromatic rings. The summed E-state index contributed by atoms with van der Waals surface area (Å²) in [6, 6.07) is 1.28. The van der Waals surface area contributed by atoms with Crippen molar-refractivity contribution in [3.8, 4) is 0 Å². The van der Waals surface area contributed by atoms with Crippen LogP contribution >= 0.6 is 0 Å². The Balaban J connectivity index is 1.81. The van der Waals surface area contributed by atoms with Gasteiger partial charge < -0.3 is 5.32 Å². The molecule has 1 unspecified atom stereocenters. The summed E-state index contributed by atoms with van der Waals surface area (Å²) in [7, 11) is -2.90. The smallest absolute Gasteiger partial charge is 0.153 e. The van der Waals surface area contributed by atoms with E-state index >= 15 is 0 Å². The van der Waals surface area contributed by atoms with Gasteiger partial charge in [-0.15, -0.1) is 0 Å². The Morgan fingerprint density at radius 3 is 2.58 bits per heavy atom. The number of rotatable bonds is 7. The average molecular weight is 288 g/mol. The molecule has 0 aromatic carbocycles.